The summed E-state index contributed by atoms with van der Waals surface area (Å²) in [6.07, 6.45) is 1.86. The van der Waals surface area contributed by atoms with Crippen molar-refractivity contribution >= 4 is 45.6 Å². The van der Waals surface area contributed by atoms with Crippen molar-refractivity contribution in [2.75, 3.05) is 17.2 Å². The van der Waals surface area contributed by atoms with Crippen LogP contribution in [0.25, 0.3) is 22.1 Å². The number of nitrogens with two attached hydrogens (primary N) is 1. The SMILES string of the molecule is Cc1nc(N2C[C@@H](NC(=O)Cc3cccnc3N)C[C@H]2C(=O)O)c2oc3ccccc3c2n1. The average molecular weight is 446 g/mol. The minimum Gasteiger partial charge on any atom is -0.480 e. The van der Waals surface area contributed by atoms with Gasteiger partial charge in [0.15, 0.2) is 11.4 Å². The third-order valence-electron chi connectivity index (χ3n) is 5.81. The predicted molar refractivity (Wildman–Crippen MR) is 122 cm³/mol. The van der Waals surface area contributed by atoms with E-state index in [2.05, 4.69) is 20.3 Å². The number of aryl methyl sites for hydroxylation is 1. The molecule has 5 rings (SSSR count). The summed E-state index contributed by atoms with van der Waals surface area (Å²) in [6, 6.07) is 9.70. The number of carbonyl (C=O) groups excluding carboxylic acids is 1. The van der Waals surface area contributed by atoms with Crippen LogP contribution in [-0.2, 0) is 16.0 Å². The van der Waals surface area contributed by atoms with E-state index in [0.29, 0.717) is 39.7 Å². The minimum absolute atomic E-state index is 0.0638. The molecule has 0 bridgehead atoms. The number of furan rings is 1. The number of nitrogen functional groups attached to an aromatic ring is 1. The number of amides is 1. The van der Waals surface area contributed by atoms with Gasteiger partial charge >= 0.3 is 5.97 Å². The Morgan fingerprint density at radius 2 is 2.06 bits per heavy atom. The summed E-state index contributed by atoms with van der Waals surface area (Å²) < 4.78 is 6.02. The number of carboxylic acids is 1. The number of anilines is 2. The van der Waals surface area contributed by atoms with Crippen molar-refractivity contribution in [3.63, 3.8) is 0 Å². The first-order valence-electron chi connectivity index (χ1n) is 10.5. The van der Waals surface area contributed by atoms with Crippen LogP contribution in [0.5, 0.6) is 0 Å². The molecule has 4 heterocycles. The number of carbonyl (C=O) groups is 2. The number of hydrogen-bond acceptors (Lipinski definition) is 8. The van der Waals surface area contributed by atoms with Gasteiger partial charge in [-0.1, -0.05) is 18.2 Å². The molecule has 1 fully saturated rings. The van der Waals surface area contributed by atoms with Crippen molar-refractivity contribution in [3.05, 3.63) is 54.0 Å². The number of fused-ring (bicyclic) bond motifs is 3. The van der Waals surface area contributed by atoms with E-state index < -0.39 is 12.0 Å². The number of pyridine rings is 1. The number of benzene rings is 1. The Labute approximate surface area is 188 Å². The number of aromatic nitrogens is 3. The van der Waals surface area contributed by atoms with E-state index in [1.54, 1.807) is 30.2 Å². The molecule has 1 aliphatic heterocycles. The Kier molecular flexibility index (Phi) is 5.04. The number of nitrogens with one attached hydrogen (secondary N) is 1. The standard InChI is InChI=1S/C23H22N6O4/c1-12-26-19-15-6-2-3-7-17(15)33-20(19)22(27-12)29-11-14(10-16(29)23(31)32)28-18(30)9-13-5-4-8-25-21(13)24/h2-8,14,16H,9-11H2,1H3,(H2,24,25)(H,28,30)(H,31,32)/t14-,16-/m0/s1. The molecule has 4 N–H and O–H groups in total. The van der Waals surface area contributed by atoms with Crippen LogP contribution in [0.2, 0.25) is 0 Å². The first-order chi connectivity index (χ1) is 15.9. The van der Waals surface area contributed by atoms with Crippen molar-refractivity contribution in [2.45, 2.75) is 31.8 Å². The summed E-state index contributed by atoms with van der Waals surface area (Å²) in [6.45, 7) is 2.03. The molecule has 33 heavy (non-hydrogen) atoms. The number of hydrogen-bond donors (Lipinski definition) is 3. The lowest BCUT2D eigenvalue weighted by Crippen LogP contribution is -2.39. The molecule has 1 aromatic carbocycles. The molecule has 0 unspecified atom stereocenters. The zero-order valence-electron chi connectivity index (χ0n) is 17.9. The van der Waals surface area contributed by atoms with Gasteiger partial charge in [-0.05, 0) is 25.1 Å². The smallest absolute Gasteiger partial charge is 0.326 e. The molecule has 2 atom stereocenters. The van der Waals surface area contributed by atoms with Gasteiger partial charge in [0.1, 0.15) is 28.8 Å². The Morgan fingerprint density at radius 1 is 1.24 bits per heavy atom. The molecule has 0 saturated carbocycles. The first kappa shape index (κ1) is 20.7. The van der Waals surface area contributed by atoms with Gasteiger partial charge in [-0.3, -0.25) is 4.79 Å². The minimum atomic E-state index is -0.997. The van der Waals surface area contributed by atoms with Gasteiger partial charge in [0.25, 0.3) is 0 Å². The Hall–Kier alpha value is -4.21. The Balaban J connectivity index is 1.44. The zero-order chi connectivity index (χ0) is 23.1. The quantitative estimate of drug-likeness (QED) is 0.419. The van der Waals surface area contributed by atoms with E-state index >= 15 is 0 Å². The maximum atomic E-state index is 12.6. The second-order valence-corrected chi connectivity index (χ2v) is 8.10. The fourth-order valence-electron chi connectivity index (χ4n) is 4.34. The van der Waals surface area contributed by atoms with Crippen LogP contribution in [0.1, 0.15) is 17.8 Å². The molecule has 10 heteroatoms. The summed E-state index contributed by atoms with van der Waals surface area (Å²) in [5.74, 6) is -0.0304. The lowest BCUT2D eigenvalue weighted by Gasteiger charge is -2.22. The molecular formula is C23H22N6O4. The third kappa shape index (κ3) is 3.79. The molecule has 168 valence electrons. The van der Waals surface area contributed by atoms with E-state index in [1.807, 2.05) is 24.3 Å². The molecule has 1 saturated heterocycles. The number of nitrogens with zero attached hydrogens (tertiary/aromatic N) is 4. The van der Waals surface area contributed by atoms with Crippen LogP contribution in [-0.4, -0.2) is 50.6 Å². The Bertz CT molecular complexity index is 1380. The van der Waals surface area contributed by atoms with E-state index in [-0.39, 0.29) is 31.3 Å². The number of para-hydroxylation sites is 1. The van der Waals surface area contributed by atoms with Crippen LogP contribution in [0, 0.1) is 6.92 Å². The van der Waals surface area contributed by atoms with Gasteiger partial charge in [0.05, 0.1) is 6.42 Å². The van der Waals surface area contributed by atoms with E-state index in [4.69, 9.17) is 10.2 Å². The highest BCUT2D eigenvalue weighted by Gasteiger charge is 2.40. The lowest BCUT2D eigenvalue weighted by atomic mass is 10.1. The third-order valence-corrected chi connectivity index (χ3v) is 5.81. The molecule has 1 amide bonds. The van der Waals surface area contributed by atoms with Crippen LogP contribution >= 0.6 is 0 Å². The summed E-state index contributed by atoms with van der Waals surface area (Å²) in [7, 11) is 0. The molecule has 0 aliphatic carbocycles. The van der Waals surface area contributed by atoms with E-state index in [9.17, 15) is 14.7 Å². The van der Waals surface area contributed by atoms with Crippen molar-refractivity contribution in [2.24, 2.45) is 0 Å². The van der Waals surface area contributed by atoms with Gasteiger partial charge in [-0.25, -0.2) is 19.7 Å². The molecule has 4 aromatic rings. The number of aliphatic carboxylic acids is 1. The highest BCUT2D eigenvalue weighted by Crippen LogP contribution is 2.35. The summed E-state index contributed by atoms with van der Waals surface area (Å²) >= 11 is 0. The average Bonchev–Trinajstić information content (AvgIpc) is 3.36. The van der Waals surface area contributed by atoms with Crippen molar-refractivity contribution in [1.82, 2.24) is 20.3 Å². The molecule has 1 aliphatic rings. The highest BCUT2D eigenvalue weighted by molar-refractivity contribution is 6.06. The second-order valence-electron chi connectivity index (χ2n) is 8.10. The summed E-state index contributed by atoms with van der Waals surface area (Å²) in [5, 5.41) is 13.7. The van der Waals surface area contributed by atoms with Crippen molar-refractivity contribution < 1.29 is 19.1 Å². The van der Waals surface area contributed by atoms with Gasteiger partial charge in [0, 0.05) is 36.2 Å². The fourth-order valence-corrected chi connectivity index (χ4v) is 4.34. The molecular weight excluding hydrogens is 424 g/mol. The van der Waals surface area contributed by atoms with E-state index in [0.717, 1.165) is 5.39 Å². The highest BCUT2D eigenvalue weighted by atomic mass is 16.4. The second kappa shape index (κ2) is 8.05. The summed E-state index contributed by atoms with van der Waals surface area (Å²) in [4.78, 5) is 39.4. The molecule has 3 aromatic heterocycles. The molecule has 0 radical (unpaired) electrons. The van der Waals surface area contributed by atoms with Gasteiger partial charge < -0.3 is 25.5 Å². The predicted octanol–water partition coefficient (Wildman–Crippen LogP) is 2.05. The maximum Gasteiger partial charge on any atom is 0.326 e. The monoisotopic (exact) mass is 446 g/mol. The number of carboxylic acid groups (broad SMARTS) is 1. The van der Waals surface area contributed by atoms with E-state index in [1.165, 1.54) is 0 Å². The van der Waals surface area contributed by atoms with Crippen molar-refractivity contribution in [1.29, 1.82) is 0 Å². The first-order valence-corrected chi connectivity index (χ1v) is 10.5. The molecule has 0 spiro atoms. The lowest BCUT2D eigenvalue weighted by molar-refractivity contribution is -0.138. The maximum absolute atomic E-state index is 12.6. The van der Waals surface area contributed by atoms with Gasteiger partial charge in [0.2, 0.25) is 5.91 Å². The fraction of sp³-hybridized carbons (Fsp3) is 0.261. The van der Waals surface area contributed by atoms with Crippen molar-refractivity contribution in [3.8, 4) is 0 Å². The van der Waals surface area contributed by atoms with Crippen LogP contribution in [0.15, 0.2) is 47.0 Å². The number of rotatable bonds is 5. The topological polar surface area (TPSA) is 147 Å². The van der Waals surface area contributed by atoms with Crippen LogP contribution in [0.3, 0.4) is 0 Å². The van der Waals surface area contributed by atoms with Gasteiger partial charge in [-0.15, -0.1) is 0 Å². The largest absolute Gasteiger partial charge is 0.480 e. The molecule has 10 nitrogen and oxygen atoms in total. The normalized spacial score (nSPS) is 18.2. The van der Waals surface area contributed by atoms with Gasteiger partial charge in [-0.2, -0.15) is 0 Å². The van der Waals surface area contributed by atoms with Crippen LogP contribution < -0.4 is 16.0 Å². The summed E-state index contributed by atoms with van der Waals surface area (Å²) in [5.41, 5.74) is 8.18. The zero-order valence-corrected chi connectivity index (χ0v) is 17.9. The van der Waals surface area contributed by atoms with Crippen LogP contribution in [0.4, 0.5) is 11.6 Å². The Morgan fingerprint density at radius 3 is 2.85 bits per heavy atom.